The van der Waals surface area contributed by atoms with Crippen LogP contribution in [0.15, 0.2) is 24.3 Å². The number of benzene rings is 1. The normalized spacial score (nSPS) is 18.6. The number of rotatable bonds is 5. The topological polar surface area (TPSA) is 44.8 Å². The SMILES string of the molecule is CCOC(=O)c1cccc(OCC2CCCO2)c1. The number of carbonyl (C=O) groups excluding carboxylic acids is 1. The Morgan fingerprint density at radius 3 is 3.11 bits per heavy atom. The Balaban J connectivity index is 1.91. The van der Waals surface area contributed by atoms with Crippen LogP contribution < -0.4 is 4.74 Å². The molecule has 0 aliphatic carbocycles. The maximum atomic E-state index is 11.6. The van der Waals surface area contributed by atoms with Crippen LogP contribution in [0.4, 0.5) is 0 Å². The monoisotopic (exact) mass is 250 g/mol. The lowest BCUT2D eigenvalue weighted by atomic mass is 10.2. The lowest BCUT2D eigenvalue weighted by molar-refractivity contribution is 0.0524. The van der Waals surface area contributed by atoms with Crippen molar-refractivity contribution >= 4 is 5.97 Å². The van der Waals surface area contributed by atoms with E-state index < -0.39 is 0 Å². The smallest absolute Gasteiger partial charge is 0.338 e. The van der Waals surface area contributed by atoms with Crippen LogP contribution in [0.5, 0.6) is 5.75 Å². The summed E-state index contributed by atoms with van der Waals surface area (Å²) < 4.78 is 16.0. The van der Waals surface area contributed by atoms with Crippen molar-refractivity contribution in [1.82, 2.24) is 0 Å². The zero-order valence-electron chi connectivity index (χ0n) is 10.6. The van der Waals surface area contributed by atoms with E-state index in [1.165, 1.54) is 0 Å². The molecule has 1 aliphatic rings. The largest absolute Gasteiger partial charge is 0.491 e. The maximum absolute atomic E-state index is 11.6. The molecule has 98 valence electrons. The molecule has 1 unspecified atom stereocenters. The molecule has 0 saturated carbocycles. The van der Waals surface area contributed by atoms with Gasteiger partial charge in [0.1, 0.15) is 12.4 Å². The third-order valence-electron chi connectivity index (χ3n) is 2.81. The van der Waals surface area contributed by atoms with Gasteiger partial charge in [-0.05, 0) is 38.0 Å². The molecule has 4 nitrogen and oxygen atoms in total. The van der Waals surface area contributed by atoms with E-state index in [4.69, 9.17) is 14.2 Å². The van der Waals surface area contributed by atoms with Crippen molar-refractivity contribution in [2.24, 2.45) is 0 Å². The van der Waals surface area contributed by atoms with Crippen molar-refractivity contribution in [3.8, 4) is 5.75 Å². The van der Waals surface area contributed by atoms with Gasteiger partial charge in [-0.25, -0.2) is 4.79 Å². The average Bonchev–Trinajstić information content (AvgIpc) is 2.90. The maximum Gasteiger partial charge on any atom is 0.338 e. The quantitative estimate of drug-likeness (QED) is 0.753. The van der Waals surface area contributed by atoms with Crippen molar-refractivity contribution in [2.45, 2.75) is 25.9 Å². The Kier molecular flexibility index (Phi) is 4.59. The van der Waals surface area contributed by atoms with E-state index in [0.29, 0.717) is 24.5 Å². The predicted octanol–water partition coefficient (Wildman–Crippen LogP) is 2.42. The van der Waals surface area contributed by atoms with Gasteiger partial charge in [0.15, 0.2) is 0 Å². The summed E-state index contributed by atoms with van der Waals surface area (Å²) >= 11 is 0. The Labute approximate surface area is 107 Å². The molecule has 4 heteroatoms. The molecule has 0 radical (unpaired) electrons. The molecule has 1 aliphatic heterocycles. The van der Waals surface area contributed by atoms with E-state index in [9.17, 15) is 4.79 Å². The number of carbonyl (C=O) groups is 1. The van der Waals surface area contributed by atoms with Gasteiger partial charge in [0.05, 0.1) is 18.3 Å². The first-order valence-corrected chi connectivity index (χ1v) is 6.31. The van der Waals surface area contributed by atoms with Gasteiger partial charge < -0.3 is 14.2 Å². The zero-order chi connectivity index (χ0) is 12.8. The molecule has 0 spiro atoms. The minimum Gasteiger partial charge on any atom is -0.491 e. The van der Waals surface area contributed by atoms with Gasteiger partial charge in [-0.2, -0.15) is 0 Å². The Morgan fingerprint density at radius 1 is 1.50 bits per heavy atom. The van der Waals surface area contributed by atoms with E-state index in [-0.39, 0.29) is 12.1 Å². The summed E-state index contributed by atoms with van der Waals surface area (Å²) in [6, 6.07) is 7.04. The third-order valence-corrected chi connectivity index (χ3v) is 2.81. The molecule has 0 amide bonds. The number of esters is 1. The fraction of sp³-hybridized carbons (Fsp3) is 0.500. The van der Waals surface area contributed by atoms with Crippen LogP contribution >= 0.6 is 0 Å². The van der Waals surface area contributed by atoms with Gasteiger partial charge in [0.2, 0.25) is 0 Å². The lowest BCUT2D eigenvalue weighted by Crippen LogP contribution is -2.16. The highest BCUT2D eigenvalue weighted by atomic mass is 16.5. The highest BCUT2D eigenvalue weighted by molar-refractivity contribution is 5.89. The van der Waals surface area contributed by atoms with E-state index >= 15 is 0 Å². The second-order valence-electron chi connectivity index (χ2n) is 4.19. The Hall–Kier alpha value is -1.55. The molecule has 1 aromatic rings. The molecule has 1 fully saturated rings. The van der Waals surface area contributed by atoms with Crippen molar-refractivity contribution in [3.63, 3.8) is 0 Å². The predicted molar refractivity (Wildman–Crippen MR) is 66.9 cm³/mol. The molecule has 1 saturated heterocycles. The standard InChI is InChI=1S/C14H18O4/c1-2-16-14(15)11-5-3-6-12(9-11)18-10-13-7-4-8-17-13/h3,5-6,9,13H,2,4,7-8,10H2,1H3. The van der Waals surface area contributed by atoms with Crippen LogP contribution in [-0.2, 0) is 9.47 Å². The minimum absolute atomic E-state index is 0.177. The summed E-state index contributed by atoms with van der Waals surface area (Å²) in [5.74, 6) is 0.358. The highest BCUT2D eigenvalue weighted by Crippen LogP contribution is 2.17. The first-order chi connectivity index (χ1) is 8.79. The molecular weight excluding hydrogens is 232 g/mol. The molecule has 1 aromatic carbocycles. The van der Waals surface area contributed by atoms with Crippen LogP contribution in [0, 0.1) is 0 Å². The van der Waals surface area contributed by atoms with Gasteiger partial charge in [0.25, 0.3) is 0 Å². The highest BCUT2D eigenvalue weighted by Gasteiger charge is 2.16. The summed E-state index contributed by atoms with van der Waals surface area (Å²) in [5.41, 5.74) is 0.515. The van der Waals surface area contributed by atoms with Crippen molar-refractivity contribution < 1.29 is 19.0 Å². The summed E-state index contributed by atoms with van der Waals surface area (Å²) in [7, 11) is 0. The van der Waals surface area contributed by atoms with Gasteiger partial charge in [-0.1, -0.05) is 6.07 Å². The van der Waals surface area contributed by atoms with Gasteiger partial charge in [0, 0.05) is 6.61 Å². The second-order valence-corrected chi connectivity index (χ2v) is 4.19. The van der Waals surface area contributed by atoms with E-state index in [0.717, 1.165) is 19.4 Å². The first kappa shape index (κ1) is 12.9. The second kappa shape index (κ2) is 6.40. The molecule has 18 heavy (non-hydrogen) atoms. The fourth-order valence-electron chi connectivity index (χ4n) is 1.89. The summed E-state index contributed by atoms with van der Waals surface area (Å²) in [5, 5.41) is 0. The van der Waals surface area contributed by atoms with Crippen molar-refractivity contribution in [3.05, 3.63) is 29.8 Å². The van der Waals surface area contributed by atoms with Gasteiger partial charge in [-0.15, -0.1) is 0 Å². The summed E-state index contributed by atoms with van der Waals surface area (Å²) in [6.45, 7) is 3.51. The van der Waals surface area contributed by atoms with Crippen molar-refractivity contribution in [2.75, 3.05) is 19.8 Å². The molecular formula is C14H18O4. The zero-order valence-corrected chi connectivity index (χ0v) is 10.6. The molecule has 1 heterocycles. The van der Waals surface area contributed by atoms with E-state index in [2.05, 4.69) is 0 Å². The number of ether oxygens (including phenoxy) is 3. The molecule has 2 rings (SSSR count). The fourth-order valence-corrected chi connectivity index (χ4v) is 1.89. The molecule has 0 aromatic heterocycles. The third kappa shape index (κ3) is 3.47. The Morgan fingerprint density at radius 2 is 2.39 bits per heavy atom. The first-order valence-electron chi connectivity index (χ1n) is 6.31. The Bertz CT molecular complexity index is 397. The van der Waals surface area contributed by atoms with Crippen LogP contribution in [-0.4, -0.2) is 31.9 Å². The average molecular weight is 250 g/mol. The summed E-state index contributed by atoms with van der Waals surface area (Å²) in [6.07, 6.45) is 2.31. The van der Waals surface area contributed by atoms with Crippen molar-refractivity contribution in [1.29, 1.82) is 0 Å². The van der Waals surface area contributed by atoms with Crippen LogP contribution in [0.3, 0.4) is 0 Å². The van der Waals surface area contributed by atoms with Gasteiger partial charge in [-0.3, -0.25) is 0 Å². The minimum atomic E-state index is -0.319. The molecule has 1 atom stereocenters. The number of hydrogen-bond acceptors (Lipinski definition) is 4. The van der Waals surface area contributed by atoms with Gasteiger partial charge >= 0.3 is 5.97 Å². The van der Waals surface area contributed by atoms with Crippen LogP contribution in [0.2, 0.25) is 0 Å². The van der Waals surface area contributed by atoms with Crippen LogP contribution in [0.1, 0.15) is 30.1 Å². The number of hydrogen-bond donors (Lipinski definition) is 0. The molecule has 0 N–H and O–H groups in total. The van der Waals surface area contributed by atoms with E-state index in [1.807, 2.05) is 6.07 Å². The summed E-state index contributed by atoms with van der Waals surface area (Å²) in [4.78, 5) is 11.6. The van der Waals surface area contributed by atoms with E-state index in [1.54, 1.807) is 25.1 Å². The lowest BCUT2D eigenvalue weighted by Gasteiger charge is -2.12. The van der Waals surface area contributed by atoms with Crippen LogP contribution in [0.25, 0.3) is 0 Å². The molecule has 0 bridgehead atoms.